The molecule has 2 amide bonds. The van der Waals surface area contributed by atoms with Gasteiger partial charge in [-0.3, -0.25) is 9.59 Å². The summed E-state index contributed by atoms with van der Waals surface area (Å²) in [6, 6.07) is 13.7. The van der Waals surface area contributed by atoms with Crippen molar-refractivity contribution in [1.82, 2.24) is 4.90 Å². The van der Waals surface area contributed by atoms with Gasteiger partial charge in [0.15, 0.2) is 0 Å². The largest absolute Gasteiger partial charge is 0.338 e. The number of hydrogen-bond acceptors (Lipinski definition) is 3. The smallest absolute Gasteiger partial charge is 0.262 e. The molecule has 2 aliphatic heterocycles. The van der Waals surface area contributed by atoms with Crippen molar-refractivity contribution in [3.05, 3.63) is 64.1 Å². The summed E-state index contributed by atoms with van der Waals surface area (Å²) in [7, 11) is 0. The summed E-state index contributed by atoms with van der Waals surface area (Å²) < 4.78 is 0. The van der Waals surface area contributed by atoms with Gasteiger partial charge in [0.25, 0.3) is 11.8 Å². The van der Waals surface area contributed by atoms with Gasteiger partial charge in [-0.25, -0.2) is 0 Å². The Labute approximate surface area is 176 Å². The predicted molar refractivity (Wildman–Crippen MR) is 119 cm³/mol. The normalized spacial score (nSPS) is 22.9. The molecular weight excluding hydrogens is 380 g/mol. The minimum absolute atomic E-state index is 0.0476. The third kappa shape index (κ3) is 4.40. The van der Waals surface area contributed by atoms with Crippen LogP contribution in [0.15, 0.2) is 52.3 Å². The highest BCUT2D eigenvalue weighted by Crippen LogP contribution is 2.39. The second kappa shape index (κ2) is 8.07. The molecule has 1 fully saturated rings. The number of carbonyl (C=O) groups excluding carboxylic acids is 2. The van der Waals surface area contributed by atoms with Gasteiger partial charge in [0.05, 0.1) is 10.6 Å². The van der Waals surface area contributed by atoms with E-state index in [2.05, 4.69) is 19.2 Å². The number of benzene rings is 2. The van der Waals surface area contributed by atoms with Gasteiger partial charge in [-0.15, -0.1) is 0 Å². The monoisotopic (exact) mass is 406 g/mol. The fraction of sp³-hybridized carbons (Fsp3) is 0.333. The van der Waals surface area contributed by atoms with Crippen molar-refractivity contribution in [2.45, 2.75) is 32.1 Å². The van der Waals surface area contributed by atoms with Crippen LogP contribution in [0.1, 0.15) is 41.8 Å². The number of piperidine rings is 1. The number of carbonyl (C=O) groups is 2. The third-order valence-corrected chi connectivity index (χ3v) is 6.55. The molecule has 2 aliphatic rings. The maximum atomic E-state index is 13.0. The van der Waals surface area contributed by atoms with Crippen molar-refractivity contribution in [1.29, 1.82) is 0 Å². The molecule has 2 atom stereocenters. The lowest BCUT2D eigenvalue weighted by atomic mass is 9.91. The van der Waals surface area contributed by atoms with Crippen LogP contribution in [0, 0.1) is 18.8 Å². The first-order valence-electron chi connectivity index (χ1n) is 10.1. The number of thioether (sulfide) groups is 1. The zero-order valence-electron chi connectivity index (χ0n) is 17.1. The van der Waals surface area contributed by atoms with E-state index >= 15 is 0 Å². The van der Waals surface area contributed by atoms with Crippen LogP contribution < -0.4 is 5.32 Å². The molecule has 0 unspecified atom stereocenters. The van der Waals surface area contributed by atoms with Crippen LogP contribution in [0.3, 0.4) is 0 Å². The standard InChI is InChI=1S/C24H26N2O2S/c1-15-4-6-18(7-5-15)11-22-23(27)25-20-12-19(8-9-21(20)29-22)24(28)26-13-16(2)10-17(3)14-26/h4-9,11-12,16-17H,10,13-14H2,1-3H3,(H,25,27)/b22-11+/t16-,17+. The van der Waals surface area contributed by atoms with E-state index in [0.717, 1.165) is 30.0 Å². The first-order chi connectivity index (χ1) is 13.9. The van der Waals surface area contributed by atoms with Crippen LogP contribution in [-0.4, -0.2) is 29.8 Å². The molecule has 1 saturated heterocycles. The molecule has 150 valence electrons. The molecule has 0 aliphatic carbocycles. The Balaban J connectivity index is 1.55. The number of anilines is 1. The molecule has 4 rings (SSSR count). The quantitative estimate of drug-likeness (QED) is 0.698. The van der Waals surface area contributed by atoms with Gasteiger partial charge in [-0.1, -0.05) is 55.4 Å². The van der Waals surface area contributed by atoms with Crippen molar-refractivity contribution in [3.8, 4) is 0 Å². The number of rotatable bonds is 2. The molecular formula is C24H26N2O2S. The van der Waals surface area contributed by atoms with E-state index in [1.54, 1.807) is 0 Å². The number of nitrogens with one attached hydrogen (secondary N) is 1. The topological polar surface area (TPSA) is 49.4 Å². The van der Waals surface area contributed by atoms with Gasteiger partial charge in [-0.2, -0.15) is 0 Å². The van der Waals surface area contributed by atoms with Crippen LogP contribution >= 0.6 is 11.8 Å². The zero-order valence-corrected chi connectivity index (χ0v) is 17.9. The van der Waals surface area contributed by atoms with Crippen LogP contribution in [0.4, 0.5) is 5.69 Å². The number of hydrogen-bond donors (Lipinski definition) is 1. The molecule has 0 saturated carbocycles. The Morgan fingerprint density at radius 3 is 2.48 bits per heavy atom. The SMILES string of the molecule is Cc1ccc(/C=C2/Sc3ccc(C(=O)N4C[C@H](C)C[C@H](C)C4)cc3NC2=O)cc1. The molecule has 0 spiro atoms. The lowest BCUT2D eigenvalue weighted by molar-refractivity contribution is -0.112. The third-order valence-electron chi connectivity index (χ3n) is 5.45. The van der Waals surface area contributed by atoms with Crippen molar-refractivity contribution in [3.63, 3.8) is 0 Å². The summed E-state index contributed by atoms with van der Waals surface area (Å²) >= 11 is 1.45. The van der Waals surface area contributed by atoms with Crippen LogP contribution in [-0.2, 0) is 4.79 Å². The van der Waals surface area contributed by atoms with E-state index in [-0.39, 0.29) is 11.8 Å². The second-order valence-corrected chi connectivity index (χ2v) is 9.43. The molecule has 0 radical (unpaired) electrons. The van der Waals surface area contributed by atoms with Crippen molar-refractivity contribution in [2.24, 2.45) is 11.8 Å². The molecule has 2 heterocycles. The fourth-order valence-electron chi connectivity index (χ4n) is 4.12. The van der Waals surface area contributed by atoms with Crippen LogP contribution in [0.2, 0.25) is 0 Å². The first-order valence-corrected chi connectivity index (χ1v) is 10.9. The van der Waals surface area contributed by atoms with Crippen LogP contribution in [0.25, 0.3) is 6.08 Å². The molecule has 2 aromatic rings. The van der Waals surface area contributed by atoms with E-state index in [1.807, 2.05) is 60.4 Å². The second-order valence-electron chi connectivity index (χ2n) is 8.34. The number of likely N-dealkylation sites (tertiary alicyclic amines) is 1. The molecule has 0 bridgehead atoms. The summed E-state index contributed by atoms with van der Waals surface area (Å²) in [5.41, 5.74) is 3.53. The van der Waals surface area contributed by atoms with E-state index in [0.29, 0.717) is 28.0 Å². The highest BCUT2D eigenvalue weighted by Gasteiger charge is 2.28. The van der Waals surface area contributed by atoms with Gasteiger partial charge in [0.2, 0.25) is 0 Å². The molecule has 1 N–H and O–H groups in total. The highest BCUT2D eigenvalue weighted by molar-refractivity contribution is 8.04. The lowest BCUT2D eigenvalue weighted by Crippen LogP contribution is -2.42. The van der Waals surface area contributed by atoms with Crippen molar-refractivity contribution in [2.75, 3.05) is 18.4 Å². The van der Waals surface area contributed by atoms with E-state index in [1.165, 1.54) is 17.3 Å². The van der Waals surface area contributed by atoms with E-state index in [4.69, 9.17) is 0 Å². The number of nitrogens with zero attached hydrogens (tertiary/aromatic N) is 1. The van der Waals surface area contributed by atoms with E-state index in [9.17, 15) is 9.59 Å². The Kier molecular flexibility index (Phi) is 5.50. The first kappa shape index (κ1) is 19.8. The molecule has 5 heteroatoms. The molecule has 4 nitrogen and oxygen atoms in total. The van der Waals surface area contributed by atoms with Gasteiger partial charge in [0.1, 0.15) is 0 Å². The summed E-state index contributed by atoms with van der Waals surface area (Å²) in [5, 5.41) is 2.96. The Morgan fingerprint density at radius 2 is 1.79 bits per heavy atom. The number of fused-ring (bicyclic) bond motifs is 1. The van der Waals surface area contributed by atoms with Gasteiger partial charge in [0, 0.05) is 23.5 Å². The maximum absolute atomic E-state index is 13.0. The summed E-state index contributed by atoms with van der Waals surface area (Å²) in [4.78, 5) is 29.1. The number of aryl methyl sites for hydroxylation is 1. The van der Waals surface area contributed by atoms with Crippen molar-refractivity contribution >= 4 is 35.3 Å². The summed E-state index contributed by atoms with van der Waals surface area (Å²) in [6.45, 7) is 8.03. The average Bonchev–Trinajstić information content (AvgIpc) is 2.68. The fourth-order valence-corrected chi connectivity index (χ4v) is 5.05. The average molecular weight is 407 g/mol. The minimum atomic E-state index is -0.132. The number of amides is 2. The highest BCUT2D eigenvalue weighted by atomic mass is 32.2. The maximum Gasteiger partial charge on any atom is 0.262 e. The Morgan fingerprint density at radius 1 is 1.10 bits per heavy atom. The molecule has 29 heavy (non-hydrogen) atoms. The Hall–Kier alpha value is -2.53. The van der Waals surface area contributed by atoms with Crippen molar-refractivity contribution < 1.29 is 9.59 Å². The zero-order chi connectivity index (χ0) is 20.5. The predicted octanol–water partition coefficient (Wildman–Crippen LogP) is 5.20. The van der Waals surface area contributed by atoms with Crippen LogP contribution in [0.5, 0.6) is 0 Å². The molecule has 0 aromatic heterocycles. The van der Waals surface area contributed by atoms with Gasteiger partial charge in [-0.05, 0) is 55.0 Å². The Bertz CT molecular complexity index is 971. The summed E-state index contributed by atoms with van der Waals surface area (Å²) in [5.74, 6) is 0.953. The van der Waals surface area contributed by atoms with Gasteiger partial charge >= 0.3 is 0 Å². The summed E-state index contributed by atoms with van der Waals surface area (Å²) in [6.07, 6.45) is 3.06. The van der Waals surface area contributed by atoms with Gasteiger partial charge < -0.3 is 10.2 Å². The van der Waals surface area contributed by atoms with E-state index < -0.39 is 0 Å². The molecule has 2 aromatic carbocycles. The minimum Gasteiger partial charge on any atom is -0.338 e. The lowest BCUT2D eigenvalue weighted by Gasteiger charge is -2.35.